The zero-order valence-corrected chi connectivity index (χ0v) is 14.0. The lowest BCUT2D eigenvalue weighted by Crippen LogP contribution is -2.07. The molecule has 0 saturated carbocycles. The minimum atomic E-state index is 0.581. The number of nitrogens with two attached hydrogens (primary N) is 1. The van der Waals surface area contributed by atoms with Crippen molar-refractivity contribution in [2.24, 2.45) is 0 Å². The van der Waals surface area contributed by atoms with Gasteiger partial charge in [0.1, 0.15) is 17.3 Å². The van der Waals surface area contributed by atoms with Gasteiger partial charge in [-0.25, -0.2) is 4.98 Å². The van der Waals surface area contributed by atoms with Crippen molar-refractivity contribution in [1.29, 1.82) is 0 Å². The predicted octanol–water partition coefficient (Wildman–Crippen LogP) is 5.19. The zero-order chi connectivity index (χ0) is 15.4. The summed E-state index contributed by atoms with van der Waals surface area (Å²) in [5.74, 6) is 1.66. The Hall–Kier alpha value is -1.19. The van der Waals surface area contributed by atoms with Crippen molar-refractivity contribution in [2.45, 2.75) is 46.1 Å². The van der Waals surface area contributed by atoms with Gasteiger partial charge in [0.2, 0.25) is 0 Å². The molecule has 0 bridgehead atoms. The fourth-order valence-corrected chi connectivity index (χ4v) is 2.98. The summed E-state index contributed by atoms with van der Waals surface area (Å²) in [4.78, 5) is 4.71. The van der Waals surface area contributed by atoms with Gasteiger partial charge in [0.15, 0.2) is 0 Å². The van der Waals surface area contributed by atoms with E-state index in [0.29, 0.717) is 21.6 Å². The molecule has 0 aliphatic rings. The molecule has 0 aliphatic heterocycles. The van der Waals surface area contributed by atoms with Gasteiger partial charge in [-0.2, -0.15) is 0 Å². The van der Waals surface area contributed by atoms with Crippen LogP contribution in [0.15, 0.2) is 18.2 Å². The third kappa shape index (κ3) is 3.35. The molecule has 0 spiro atoms. The highest BCUT2D eigenvalue weighted by atomic mass is 35.5. The Bertz CT molecular complexity index is 600. The molecule has 2 aromatic rings. The van der Waals surface area contributed by atoms with Crippen LogP contribution in [0.4, 0.5) is 5.82 Å². The second-order valence-electron chi connectivity index (χ2n) is 5.11. The number of benzene rings is 1. The van der Waals surface area contributed by atoms with E-state index < -0.39 is 0 Å². The van der Waals surface area contributed by atoms with E-state index in [0.717, 1.165) is 43.6 Å². The lowest BCUT2D eigenvalue weighted by molar-refractivity contribution is 0.604. The molecule has 0 saturated heterocycles. The number of hydrogen-bond acceptors (Lipinski definition) is 2. The molecule has 21 heavy (non-hydrogen) atoms. The van der Waals surface area contributed by atoms with Crippen LogP contribution < -0.4 is 5.73 Å². The van der Waals surface area contributed by atoms with Crippen LogP contribution >= 0.6 is 23.2 Å². The van der Waals surface area contributed by atoms with Crippen LogP contribution in [0.2, 0.25) is 10.0 Å². The zero-order valence-electron chi connectivity index (χ0n) is 12.5. The molecule has 5 heteroatoms. The average Bonchev–Trinajstić information content (AvgIpc) is 2.74. The summed E-state index contributed by atoms with van der Waals surface area (Å²) >= 11 is 12.6. The number of imidazole rings is 1. The predicted molar refractivity (Wildman–Crippen MR) is 91.0 cm³/mol. The van der Waals surface area contributed by atoms with Gasteiger partial charge in [0.05, 0.1) is 10.0 Å². The van der Waals surface area contributed by atoms with Crippen LogP contribution in [0.3, 0.4) is 0 Å². The van der Waals surface area contributed by atoms with E-state index >= 15 is 0 Å². The van der Waals surface area contributed by atoms with Gasteiger partial charge in [-0.15, -0.1) is 0 Å². The van der Waals surface area contributed by atoms with Crippen molar-refractivity contribution < 1.29 is 0 Å². The number of anilines is 1. The molecule has 1 aromatic heterocycles. The van der Waals surface area contributed by atoms with Gasteiger partial charge in [-0.1, -0.05) is 49.5 Å². The molecular weight excluding hydrogens is 305 g/mol. The summed E-state index contributed by atoms with van der Waals surface area (Å²) in [5.41, 5.74) is 7.76. The van der Waals surface area contributed by atoms with Crippen LogP contribution in [0.1, 0.15) is 38.9 Å². The third-order valence-corrected chi connectivity index (χ3v) is 4.12. The van der Waals surface area contributed by atoms with E-state index in [9.17, 15) is 0 Å². The van der Waals surface area contributed by atoms with E-state index in [1.165, 1.54) is 0 Å². The van der Waals surface area contributed by atoms with E-state index in [2.05, 4.69) is 18.4 Å². The second-order valence-corrected chi connectivity index (χ2v) is 5.93. The molecule has 0 unspecified atom stereocenters. The topological polar surface area (TPSA) is 43.8 Å². The number of nitrogens with zero attached hydrogens (tertiary/aromatic N) is 2. The summed E-state index contributed by atoms with van der Waals surface area (Å²) in [5, 5.41) is 1.16. The van der Waals surface area contributed by atoms with Crippen molar-refractivity contribution in [2.75, 3.05) is 5.73 Å². The summed E-state index contributed by atoms with van der Waals surface area (Å²) < 4.78 is 2.10. The van der Waals surface area contributed by atoms with Crippen LogP contribution in [-0.2, 0) is 13.0 Å². The number of hydrogen-bond donors (Lipinski definition) is 1. The lowest BCUT2D eigenvalue weighted by Gasteiger charge is -2.09. The molecule has 114 valence electrons. The van der Waals surface area contributed by atoms with Crippen LogP contribution in [0.5, 0.6) is 0 Å². The normalized spacial score (nSPS) is 11.0. The van der Waals surface area contributed by atoms with Crippen LogP contribution in [-0.4, -0.2) is 9.55 Å². The van der Waals surface area contributed by atoms with Crippen LogP contribution in [0, 0.1) is 0 Å². The maximum absolute atomic E-state index is 6.33. The van der Waals surface area contributed by atoms with Crippen molar-refractivity contribution in [3.05, 3.63) is 34.1 Å². The smallest absolute Gasteiger partial charge is 0.131 e. The molecule has 3 nitrogen and oxygen atoms in total. The molecule has 0 amide bonds. The Morgan fingerprint density at radius 1 is 1.14 bits per heavy atom. The first kappa shape index (κ1) is 16.2. The molecule has 0 aliphatic carbocycles. The minimum Gasteiger partial charge on any atom is -0.383 e. The quantitative estimate of drug-likeness (QED) is 0.793. The minimum absolute atomic E-state index is 0.581. The number of rotatable bonds is 6. The first-order chi connectivity index (χ1) is 10.1. The Kier molecular flexibility index (Phi) is 5.54. The first-order valence-electron chi connectivity index (χ1n) is 7.39. The van der Waals surface area contributed by atoms with Gasteiger partial charge >= 0.3 is 0 Å². The van der Waals surface area contributed by atoms with E-state index in [-0.39, 0.29) is 0 Å². The fourth-order valence-electron chi connectivity index (χ4n) is 2.40. The molecule has 2 N–H and O–H groups in total. The van der Waals surface area contributed by atoms with Gasteiger partial charge in [-0.05, 0) is 25.0 Å². The van der Waals surface area contributed by atoms with Gasteiger partial charge in [0, 0.05) is 18.5 Å². The number of halogens is 2. The monoisotopic (exact) mass is 325 g/mol. The lowest BCUT2D eigenvalue weighted by atomic mass is 10.1. The Morgan fingerprint density at radius 3 is 2.38 bits per heavy atom. The summed E-state index contributed by atoms with van der Waals surface area (Å²) in [6.45, 7) is 5.18. The maximum Gasteiger partial charge on any atom is 0.131 e. The molecule has 1 heterocycles. The van der Waals surface area contributed by atoms with Gasteiger partial charge in [-0.3, -0.25) is 0 Å². The largest absolute Gasteiger partial charge is 0.383 e. The standard InChI is InChI=1S/C16H21Cl2N3/c1-3-5-10-21-13(7-4-2)20-15(16(21)19)14-11(17)8-6-9-12(14)18/h6,8-9H,3-5,7,10,19H2,1-2H3. The number of aromatic nitrogens is 2. The maximum atomic E-state index is 6.33. The SMILES string of the molecule is CCCCn1c(CCC)nc(-c2c(Cl)cccc2Cl)c1N. The van der Waals surface area contributed by atoms with E-state index in [4.69, 9.17) is 33.9 Å². The molecule has 0 atom stereocenters. The summed E-state index contributed by atoms with van der Waals surface area (Å²) in [7, 11) is 0. The van der Waals surface area contributed by atoms with E-state index in [1.807, 2.05) is 18.2 Å². The number of aryl methyl sites for hydroxylation is 1. The molecule has 0 radical (unpaired) electrons. The number of unbranched alkanes of at least 4 members (excludes halogenated alkanes) is 1. The van der Waals surface area contributed by atoms with Crippen molar-refractivity contribution in [3.8, 4) is 11.3 Å². The van der Waals surface area contributed by atoms with Crippen LogP contribution in [0.25, 0.3) is 11.3 Å². The van der Waals surface area contributed by atoms with Gasteiger partial charge in [0.25, 0.3) is 0 Å². The highest BCUT2D eigenvalue weighted by Gasteiger charge is 2.19. The highest BCUT2D eigenvalue weighted by molar-refractivity contribution is 6.39. The Labute approximate surface area is 136 Å². The molecule has 0 fully saturated rings. The van der Waals surface area contributed by atoms with Crippen molar-refractivity contribution >= 4 is 29.0 Å². The third-order valence-electron chi connectivity index (χ3n) is 3.49. The fraction of sp³-hybridized carbons (Fsp3) is 0.438. The Morgan fingerprint density at radius 2 is 1.81 bits per heavy atom. The van der Waals surface area contributed by atoms with Crippen molar-refractivity contribution in [1.82, 2.24) is 9.55 Å². The second kappa shape index (κ2) is 7.19. The summed E-state index contributed by atoms with van der Waals surface area (Å²) in [6.07, 6.45) is 4.12. The first-order valence-corrected chi connectivity index (χ1v) is 8.15. The highest BCUT2D eigenvalue weighted by Crippen LogP contribution is 2.37. The molecule has 2 rings (SSSR count). The van der Waals surface area contributed by atoms with Crippen molar-refractivity contribution in [3.63, 3.8) is 0 Å². The van der Waals surface area contributed by atoms with Gasteiger partial charge < -0.3 is 10.3 Å². The molecule has 1 aromatic carbocycles. The molecular formula is C16H21Cl2N3. The summed E-state index contributed by atoms with van der Waals surface area (Å²) in [6, 6.07) is 5.45. The number of nitrogen functional groups attached to an aromatic ring is 1. The van der Waals surface area contributed by atoms with E-state index in [1.54, 1.807) is 0 Å². The Balaban J connectivity index is 2.54. The average molecular weight is 326 g/mol.